The molecule has 4 heteroatoms. The number of halogens is 2. The van der Waals surface area contributed by atoms with Crippen molar-refractivity contribution in [2.24, 2.45) is 0 Å². The molecule has 0 fully saturated rings. The van der Waals surface area contributed by atoms with E-state index in [1.807, 2.05) is 43.3 Å². The summed E-state index contributed by atoms with van der Waals surface area (Å²) in [5.74, 6) is -0.293. The van der Waals surface area contributed by atoms with E-state index < -0.39 is 6.10 Å². The fourth-order valence-electron chi connectivity index (χ4n) is 2.02. The largest absolute Gasteiger partial charge is 0.388 e. The van der Waals surface area contributed by atoms with Crippen LogP contribution in [0.4, 0.5) is 10.1 Å². The van der Waals surface area contributed by atoms with Gasteiger partial charge in [-0.25, -0.2) is 4.39 Å². The Balaban J connectivity index is 2.15. The van der Waals surface area contributed by atoms with Gasteiger partial charge in [-0.15, -0.1) is 0 Å². The molecule has 0 aliphatic rings. The van der Waals surface area contributed by atoms with Gasteiger partial charge in [-0.3, -0.25) is 0 Å². The molecule has 0 spiro atoms. The molecule has 0 saturated heterocycles. The van der Waals surface area contributed by atoms with Crippen LogP contribution in [-0.4, -0.2) is 19.2 Å². The summed E-state index contributed by atoms with van der Waals surface area (Å²) in [5, 5.41) is 10.3. The molecule has 0 amide bonds. The third-order valence-corrected chi connectivity index (χ3v) is 3.99. The van der Waals surface area contributed by atoms with Crippen LogP contribution >= 0.6 is 15.9 Å². The number of hydrogen-bond donors (Lipinski definition) is 1. The summed E-state index contributed by atoms with van der Waals surface area (Å²) in [6, 6.07) is 12.2. The van der Waals surface area contributed by atoms with Gasteiger partial charge in [0.05, 0.1) is 6.10 Å². The van der Waals surface area contributed by atoms with E-state index >= 15 is 0 Å². The quantitative estimate of drug-likeness (QED) is 0.913. The number of anilines is 1. The predicted molar refractivity (Wildman–Crippen MR) is 83.5 cm³/mol. The second-order valence-corrected chi connectivity index (χ2v) is 5.80. The van der Waals surface area contributed by atoms with Gasteiger partial charge >= 0.3 is 0 Å². The zero-order valence-corrected chi connectivity index (χ0v) is 13.1. The van der Waals surface area contributed by atoms with Crippen LogP contribution in [0.3, 0.4) is 0 Å². The summed E-state index contributed by atoms with van der Waals surface area (Å²) in [6.07, 6.45) is -0.274. The van der Waals surface area contributed by atoms with Gasteiger partial charge in [0, 0.05) is 30.7 Å². The normalized spacial score (nSPS) is 12.2. The Bertz CT molecular complexity index is 584. The smallest absolute Gasteiger partial charge is 0.123 e. The van der Waals surface area contributed by atoms with Crippen LogP contribution in [0.1, 0.15) is 17.2 Å². The molecule has 1 N–H and O–H groups in total. The summed E-state index contributed by atoms with van der Waals surface area (Å²) in [4.78, 5) is 2.00. The topological polar surface area (TPSA) is 23.5 Å². The first-order chi connectivity index (χ1) is 9.47. The zero-order chi connectivity index (χ0) is 14.7. The van der Waals surface area contributed by atoms with Crippen molar-refractivity contribution in [1.29, 1.82) is 0 Å². The molecule has 2 aromatic carbocycles. The van der Waals surface area contributed by atoms with Crippen LogP contribution in [0.5, 0.6) is 0 Å². The number of rotatable bonds is 4. The maximum atomic E-state index is 13.2. The number of aliphatic hydroxyl groups is 1. The number of hydrogen-bond acceptors (Lipinski definition) is 2. The number of aliphatic hydroxyl groups excluding tert-OH is 1. The second-order valence-electron chi connectivity index (χ2n) is 4.94. The van der Waals surface area contributed by atoms with Crippen LogP contribution in [0.25, 0.3) is 0 Å². The molecular formula is C16H17BrFNO. The van der Waals surface area contributed by atoms with Gasteiger partial charge in [0.2, 0.25) is 0 Å². The summed E-state index contributed by atoms with van der Waals surface area (Å²) < 4.78 is 14.0. The first-order valence-corrected chi connectivity index (χ1v) is 7.16. The lowest BCUT2D eigenvalue weighted by atomic mass is 10.0. The lowest BCUT2D eigenvalue weighted by molar-refractivity contribution is 0.178. The molecule has 0 aromatic heterocycles. The average molecular weight is 338 g/mol. The van der Waals surface area contributed by atoms with E-state index in [0.717, 1.165) is 21.3 Å². The summed E-state index contributed by atoms with van der Waals surface area (Å²) in [5.41, 5.74) is 2.66. The van der Waals surface area contributed by atoms with Crippen molar-refractivity contribution in [2.45, 2.75) is 12.5 Å². The summed E-state index contributed by atoms with van der Waals surface area (Å²) in [7, 11) is 3.94. The first kappa shape index (κ1) is 15.0. The third-order valence-electron chi connectivity index (χ3n) is 3.22. The van der Waals surface area contributed by atoms with Crippen LogP contribution in [0.15, 0.2) is 46.9 Å². The zero-order valence-electron chi connectivity index (χ0n) is 11.5. The molecule has 2 aromatic rings. The van der Waals surface area contributed by atoms with Crippen molar-refractivity contribution in [3.8, 4) is 0 Å². The van der Waals surface area contributed by atoms with Crippen LogP contribution in [0.2, 0.25) is 0 Å². The summed E-state index contributed by atoms with van der Waals surface area (Å²) >= 11 is 3.38. The van der Waals surface area contributed by atoms with Gasteiger partial charge in [-0.1, -0.05) is 28.1 Å². The fourth-order valence-corrected chi connectivity index (χ4v) is 2.43. The molecule has 1 unspecified atom stereocenters. The Hall–Kier alpha value is -1.39. The molecule has 0 aliphatic carbocycles. The molecule has 0 radical (unpaired) electrons. The van der Waals surface area contributed by atoms with E-state index in [-0.39, 0.29) is 5.82 Å². The predicted octanol–water partition coefficient (Wildman–Crippen LogP) is 3.93. The Labute approximate surface area is 127 Å². The van der Waals surface area contributed by atoms with Gasteiger partial charge in [0.15, 0.2) is 0 Å². The molecule has 1 atom stereocenters. The van der Waals surface area contributed by atoms with Crippen molar-refractivity contribution < 1.29 is 9.50 Å². The minimum absolute atomic E-state index is 0.293. The Morgan fingerprint density at radius 3 is 2.40 bits per heavy atom. The van der Waals surface area contributed by atoms with Crippen molar-refractivity contribution in [3.63, 3.8) is 0 Å². The van der Waals surface area contributed by atoms with Gasteiger partial charge in [-0.05, 0) is 41.5 Å². The highest BCUT2D eigenvalue weighted by atomic mass is 79.9. The van der Waals surface area contributed by atoms with Crippen molar-refractivity contribution in [2.75, 3.05) is 19.0 Å². The van der Waals surface area contributed by atoms with E-state index in [1.165, 1.54) is 12.1 Å². The summed E-state index contributed by atoms with van der Waals surface area (Å²) in [6.45, 7) is 0. The molecule has 20 heavy (non-hydrogen) atoms. The Morgan fingerprint density at radius 1 is 1.15 bits per heavy atom. The first-order valence-electron chi connectivity index (χ1n) is 6.36. The molecule has 2 nitrogen and oxygen atoms in total. The van der Waals surface area contributed by atoms with Crippen LogP contribution in [-0.2, 0) is 6.42 Å². The standard InChI is InChI=1S/C16H17BrFNO/c1-19(2)14-6-3-11(4-7-14)16(20)10-12-9-13(18)5-8-15(12)17/h3-9,16,20H,10H2,1-2H3. The van der Waals surface area contributed by atoms with Crippen molar-refractivity contribution in [3.05, 3.63) is 63.9 Å². The van der Waals surface area contributed by atoms with E-state index in [0.29, 0.717) is 6.42 Å². The van der Waals surface area contributed by atoms with Crippen molar-refractivity contribution in [1.82, 2.24) is 0 Å². The Kier molecular flexibility index (Phi) is 4.78. The van der Waals surface area contributed by atoms with Gasteiger partial charge in [0.1, 0.15) is 5.82 Å². The molecule has 0 bridgehead atoms. The molecule has 106 valence electrons. The van der Waals surface area contributed by atoms with E-state index in [1.54, 1.807) is 6.07 Å². The highest BCUT2D eigenvalue weighted by Crippen LogP contribution is 2.25. The Morgan fingerprint density at radius 2 is 1.80 bits per heavy atom. The molecular weight excluding hydrogens is 321 g/mol. The molecule has 2 rings (SSSR count). The van der Waals surface area contributed by atoms with Crippen molar-refractivity contribution >= 4 is 21.6 Å². The molecule has 0 aliphatic heterocycles. The number of nitrogens with zero attached hydrogens (tertiary/aromatic N) is 1. The second kappa shape index (κ2) is 6.37. The van der Waals surface area contributed by atoms with Crippen LogP contribution in [0, 0.1) is 5.82 Å². The SMILES string of the molecule is CN(C)c1ccc(C(O)Cc2cc(F)ccc2Br)cc1. The fraction of sp³-hybridized carbons (Fsp3) is 0.250. The number of benzene rings is 2. The highest BCUT2D eigenvalue weighted by molar-refractivity contribution is 9.10. The molecule has 0 saturated carbocycles. The van der Waals surface area contributed by atoms with Crippen LogP contribution < -0.4 is 4.90 Å². The van der Waals surface area contributed by atoms with Gasteiger partial charge < -0.3 is 10.0 Å². The lowest BCUT2D eigenvalue weighted by Gasteiger charge is -2.16. The lowest BCUT2D eigenvalue weighted by Crippen LogP contribution is -2.09. The van der Waals surface area contributed by atoms with E-state index in [4.69, 9.17) is 0 Å². The maximum absolute atomic E-state index is 13.2. The van der Waals surface area contributed by atoms with Gasteiger partial charge in [0.25, 0.3) is 0 Å². The maximum Gasteiger partial charge on any atom is 0.123 e. The minimum Gasteiger partial charge on any atom is -0.388 e. The monoisotopic (exact) mass is 337 g/mol. The average Bonchev–Trinajstić information content (AvgIpc) is 2.43. The molecule has 0 heterocycles. The van der Waals surface area contributed by atoms with E-state index in [9.17, 15) is 9.50 Å². The third kappa shape index (κ3) is 3.58. The minimum atomic E-state index is -0.649. The van der Waals surface area contributed by atoms with Gasteiger partial charge in [-0.2, -0.15) is 0 Å². The van der Waals surface area contributed by atoms with E-state index in [2.05, 4.69) is 15.9 Å². The highest BCUT2D eigenvalue weighted by Gasteiger charge is 2.11.